The van der Waals surface area contributed by atoms with Gasteiger partial charge in [-0.25, -0.2) is 0 Å². The highest BCUT2D eigenvalue weighted by Crippen LogP contribution is 2.32. The number of hydrogen-bond donors (Lipinski definition) is 0. The third-order valence-corrected chi connectivity index (χ3v) is 3.81. The largest absolute Gasteiger partial charge is 0.341 e. The summed E-state index contributed by atoms with van der Waals surface area (Å²) in [6.07, 6.45) is 2.48. The number of rotatable bonds is 1. The first kappa shape index (κ1) is 11.2. The van der Waals surface area contributed by atoms with E-state index in [-0.39, 0.29) is 11.6 Å². The monoisotopic (exact) mass is 241 g/mol. The molecule has 3 heteroatoms. The third-order valence-electron chi connectivity index (χ3n) is 3.81. The average molecular weight is 241 g/mol. The molecule has 2 aromatic rings. The van der Waals surface area contributed by atoms with Crippen molar-refractivity contribution in [2.24, 2.45) is 7.05 Å². The summed E-state index contributed by atoms with van der Waals surface area (Å²) in [5, 5.41) is 1.06. The number of fused-ring (bicyclic) bond motifs is 3. The van der Waals surface area contributed by atoms with Gasteiger partial charge in [-0.2, -0.15) is 0 Å². The van der Waals surface area contributed by atoms with Crippen LogP contribution < -0.4 is 0 Å². The summed E-state index contributed by atoms with van der Waals surface area (Å²) in [6, 6.07) is 5.70. The van der Waals surface area contributed by atoms with Gasteiger partial charge >= 0.3 is 0 Å². The first-order valence-corrected chi connectivity index (χ1v) is 6.25. The van der Waals surface area contributed by atoms with Gasteiger partial charge in [0.25, 0.3) is 0 Å². The van der Waals surface area contributed by atoms with E-state index in [0.29, 0.717) is 12.0 Å². The van der Waals surface area contributed by atoms with Crippen LogP contribution in [0.4, 0.5) is 0 Å². The summed E-state index contributed by atoms with van der Waals surface area (Å²) in [5.74, 6) is 0.288. The van der Waals surface area contributed by atoms with Crippen LogP contribution in [0, 0.1) is 0 Å². The second-order valence-electron chi connectivity index (χ2n) is 4.95. The third kappa shape index (κ3) is 1.43. The number of nitrogens with zero attached hydrogens (tertiary/aromatic N) is 1. The Balaban J connectivity index is 2.36. The van der Waals surface area contributed by atoms with E-state index in [1.807, 2.05) is 29.8 Å². The number of benzene rings is 1. The molecule has 0 spiro atoms. The van der Waals surface area contributed by atoms with Crippen LogP contribution in [-0.4, -0.2) is 16.1 Å². The number of carbonyl (C=O) groups is 2. The molecule has 0 radical (unpaired) electrons. The van der Waals surface area contributed by atoms with Crippen LogP contribution in [0.1, 0.15) is 46.2 Å². The van der Waals surface area contributed by atoms with E-state index in [0.717, 1.165) is 35.0 Å². The molecule has 0 atom stereocenters. The van der Waals surface area contributed by atoms with Crippen LogP contribution in [0.3, 0.4) is 0 Å². The Morgan fingerprint density at radius 1 is 1.28 bits per heavy atom. The van der Waals surface area contributed by atoms with Crippen molar-refractivity contribution in [3.63, 3.8) is 0 Å². The Morgan fingerprint density at radius 2 is 2.06 bits per heavy atom. The zero-order chi connectivity index (χ0) is 12.9. The molecule has 1 aliphatic rings. The first-order valence-electron chi connectivity index (χ1n) is 6.25. The molecule has 1 heterocycles. The molecular weight excluding hydrogens is 226 g/mol. The smallest absolute Gasteiger partial charge is 0.179 e. The first-order chi connectivity index (χ1) is 8.59. The SMILES string of the molecule is CC(=O)c1ccc2c(c1)c1c(n2C)C(=O)CCC1. The number of ketones is 2. The fourth-order valence-corrected chi connectivity index (χ4v) is 2.89. The van der Waals surface area contributed by atoms with Crippen molar-refractivity contribution in [3.8, 4) is 0 Å². The summed E-state index contributed by atoms with van der Waals surface area (Å²) in [7, 11) is 1.93. The van der Waals surface area contributed by atoms with E-state index < -0.39 is 0 Å². The summed E-state index contributed by atoms with van der Waals surface area (Å²) >= 11 is 0. The predicted molar refractivity (Wildman–Crippen MR) is 70.2 cm³/mol. The minimum absolute atomic E-state index is 0.0663. The molecule has 1 aromatic heterocycles. The lowest BCUT2D eigenvalue weighted by molar-refractivity contribution is 0.0963. The average Bonchev–Trinajstić information content (AvgIpc) is 2.64. The van der Waals surface area contributed by atoms with Gasteiger partial charge in [-0.05, 0) is 43.5 Å². The highest BCUT2D eigenvalue weighted by Gasteiger charge is 2.24. The standard InChI is InChI=1S/C15H15NO2/c1-9(17)10-6-7-13-12(8-10)11-4-3-5-14(18)15(11)16(13)2/h6-8H,3-5H2,1-2H3. The van der Waals surface area contributed by atoms with E-state index >= 15 is 0 Å². The maximum atomic E-state index is 12.0. The molecule has 1 aliphatic carbocycles. The van der Waals surface area contributed by atoms with Gasteiger partial charge in [0.1, 0.15) is 0 Å². The molecule has 0 unspecified atom stereocenters. The minimum Gasteiger partial charge on any atom is -0.341 e. The molecule has 3 rings (SSSR count). The molecule has 92 valence electrons. The second-order valence-corrected chi connectivity index (χ2v) is 4.95. The van der Waals surface area contributed by atoms with E-state index in [1.165, 1.54) is 0 Å². The van der Waals surface area contributed by atoms with Crippen molar-refractivity contribution in [1.82, 2.24) is 4.57 Å². The van der Waals surface area contributed by atoms with Gasteiger partial charge in [0.05, 0.1) is 5.69 Å². The lowest BCUT2D eigenvalue weighted by Crippen LogP contribution is -2.13. The van der Waals surface area contributed by atoms with Crippen molar-refractivity contribution in [2.75, 3.05) is 0 Å². The number of aromatic nitrogens is 1. The van der Waals surface area contributed by atoms with Crippen LogP contribution in [0.2, 0.25) is 0 Å². The second kappa shape index (κ2) is 3.80. The van der Waals surface area contributed by atoms with E-state index in [4.69, 9.17) is 0 Å². The topological polar surface area (TPSA) is 39.1 Å². The van der Waals surface area contributed by atoms with Crippen LogP contribution >= 0.6 is 0 Å². The van der Waals surface area contributed by atoms with E-state index in [2.05, 4.69) is 0 Å². The fraction of sp³-hybridized carbons (Fsp3) is 0.333. The van der Waals surface area contributed by atoms with Gasteiger partial charge in [-0.1, -0.05) is 0 Å². The number of aryl methyl sites for hydroxylation is 2. The molecule has 3 nitrogen and oxygen atoms in total. The molecule has 0 saturated heterocycles. The van der Waals surface area contributed by atoms with E-state index in [1.54, 1.807) is 6.92 Å². The van der Waals surface area contributed by atoms with Gasteiger partial charge < -0.3 is 4.57 Å². The zero-order valence-electron chi connectivity index (χ0n) is 10.6. The lowest BCUT2D eigenvalue weighted by atomic mass is 9.94. The molecule has 0 amide bonds. The number of carbonyl (C=O) groups excluding carboxylic acids is 2. The van der Waals surface area contributed by atoms with E-state index in [9.17, 15) is 9.59 Å². The van der Waals surface area contributed by atoms with Gasteiger partial charge in [0.2, 0.25) is 0 Å². The van der Waals surface area contributed by atoms with Crippen LogP contribution in [-0.2, 0) is 13.5 Å². The highest BCUT2D eigenvalue weighted by atomic mass is 16.1. The van der Waals surface area contributed by atoms with Crippen molar-refractivity contribution < 1.29 is 9.59 Å². The van der Waals surface area contributed by atoms with Crippen LogP contribution in [0.15, 0.2) is 18.2 Å². The van der Waals surface area contributed by atoms with Gasteiger partial charge in [-0.3, -0.25) is 9.59 Å². The molecular formula is C15H15NO2. The molecule has 0 saturated carbocycles. The normalized spacial score (nSPS) is 14.9. The molecule has 1 aromatic carbocycles. The van der Waals surface area contributed by atoms with Crippen molar-refractivity contribution in [2.45, 2.75) is 26.2 Å². The predicted octanol–water partition coefficient (Wildman–Crippen LogP) is 2.90. The highest BCUT2D eigenvalue weighted by molar-refractivity contribution is 6.06. The van der Waals surface area contributed by atoms with Crippen molar-refractivity contribution in [3.05, 3.63) is 35.0 Å². The summed E-state index contributed by atoms with van der Waals surface area (Å²) in [4.78, 5) is 23.5. The van der Waals surface area contributed by atoms with Crippen molar-refractivity contribution >= 4 is 22.5 Å². The fourth-order valence-electron chi connectivity index (χ4n) is 2.89. The minimum atomic E-state index is 0.0663. The molecule has 0 aliphatic heterocycles. The van der Waals surface area contributed by atoms with Crippen LogP contribution in [0.5, 0.6) is 0 Å². The Morgan fingerprint density at radius 3 is 2.78 bits per heavy atom. The Labute approximate surface area is 105 Å². The van der Waals surface area contributed by atoms with Gasteiger partial charge in [0, 0.05) is 29.9 Å². The number of Topliss-reactive ketones (excluding diaryl/α,β-unsaturated/α-hetero) is 2. The Bertz CT molecular complexity index is 679. The Hall–Kier alpha value is -1.90. The number of hydrogen-bond acceptors (Lipinski definition) is 2. The lowest BCUT2D eigenvalue weighted by Gasteiger charge is -2.11. The van der Waals surface area contributed by atoms with Gasteiger partial charge in [0.15, 0.2) is 11.6 Å². The van der Waals surface area contributed by atoms with Crippen molar-refractivity contribution in [1.29, 1.82) is 0 Å². The molecule has 0 fully saturated rings. The van der Waals surface area contributed by atoms with Crippen LogP contribution in [0.25, 0.3) is 10.9 Å². The quantitative estimate of drug-likeness (QED) is 0.720. The van der Waals surface area contributed by atoms with Gasteiger partial charge in [-0.15, -0.1) is 0 Å². The molecule has 0 N–H and O–H groups in total. The maximum Gasteiger partial charge on any atom is 0.179 e. The zero-order valence-corrected chi connectivity index (χ0v) is 10.6. The maximum absolute atomic E-state index is 12.0. The summed E-state index contributed by atoms with van der Waals surface area (Å²) in [6.45, 7) is 1.57. The molecule has 0 bridgehead atoms. The summed E-state index contributed by atoms with van der Waals surface area (Å²) in [5.41, 5.74) is 3.71. The summed E-state index contributed by atoms with van der Waals surface area (Å²) < 4.78 is 1.97. The Kier molecular flexibility index (Phi) is 2.37. The molecule has 18 heavy (non-hydrogen) atoms.